The molecule has 0 saturated carbocycles. The van der Waals surface area contributed by atoms with Crippen molar-refractivity contribution in [2.75, 3.05) is 12.8 Å². The van der Waals surface area contributed by atoms with Crippen LogP contribution < -0.4 is 10.5 Å². The molecular formula is C12H14FNO3. The van der Waals surface area contributed by atoms with E-state index in [-0.39, 0.29) is 5.69 Å². The maximum absolute atomic E-state index is 13.3. The Kier molecular flexibility index (Phi) is 2.69. The number of carbonyl (C=O) groups excluding carboxylic acids is 1. The summed E-state index contributed by atoms with van der Waals surface area (Å²) in [5, 5.41) is 0. The summed E-state index contributed by atoms with van der Waals surface area (Å²) in [6.07, 6.45) is 0.811. The van der Waals surface area contributed by atoms with Crippen molar-refractivity contribution in [1.29, 1.82) is 0 Å². The minimum absolute atomic E-state index is 0.0594. The Bertz CT molecular complexity index is 442. The summed E-state index contributed by atoms with van der Waals surface area (Å²) in [5.74, 6) is -0.625. The van der Waals surface area contributed by atoms with Gasteiger partial charge in [0.2, 0.25) is 5.60 Å². The average molecular weight is 239 g/mol. The fourth-order valence-electron chi connectivity index (χ4n) is 2.05. The van der Waals surface area contributed by atoms with E-state index in [1.165, 1.54) is 19.2 Å². The Labute approximate surface area is 98.5 Å². The topological polar surface area (TPSA) is 61.5 Å². The van der Waals surface area contributed by atoms with Gasteiger partial charge in [-0.15, -0.1) is 0 Å². The zero-order chi connectivity index (χ0) is 12.6. The van der Waals surface area contributed by atoms with Gasteiger partial charge in [-0.25, -0.2) is 9.18 Å². The molecule has 1 aliphatic heterocycles. The molecule has 1 aromatic rings. The molecule has 17 heavy (non-hydrogen) atoms. The molecule has 1 aliphatic rings. The molecule has 1 heterocycles. The number of esters is 1. The quantitative estimate of drug-likeness (QED) is 0.630. The van der Waals surface area contributed by atoms with E-state index < -0.39 is 17.4 Å². The molecule has 4 nitrogen and oxygen atoms in total. The molecule has 92 valence electrons. The molecule has 0 fully saturated rings. The van der Waals surface area contributed by atoms with E-state index in [0.717, 1.165) is 5.56 Å². The van der Waals surface area contributed by atoms with E-state index in [9.17, 15) is 9.18 Å². The first-order valence-electron chi connectivity index (χ1n) is 5.37. The SMILES string of the molecule is CCC1(C(=O)OC)Cc2cc(N)c(F)cc2O1. The van der Waals surface area contributed by atoms with Crippen LogP contribution in [-0.4, -0.2) is 18.7 Å². The number of anilines is 1. The van der Waals surface area contributed by atoms with Gasteiger partial charge in [-0.2, -0.15) is 0 Å². The smallest absolute Gasteiger partial charge is 0.350 e. The van der Waals surface area contributed by atoms with Crippen molar-refractivity contribution in [2.24, 2.45) is 0 Å². The molecule has 1 atom stereocenters. The van der Waals surface area contributed by atoms with E-state index in [1.807, 2.05) is 6.92 Å². The first-order chi connectivity index (χ1) is 8.02. The summed E-state index contributed by atoms with van der Waals surface area (Å²) >= 11 is 0. The van der Waals surface area contributed by atoms with Gasteiger partial charge in [-0.05, 0) is 12.5 Å². The number of methoxy groups -OCH3 is 1. The van der Waals surface area contributed by atoms with Crippen LogP contribution in [-0.2, 0) is 16.0 Å². The number of hydrogen-bond donors (Lipinski definition) is 1. The van der Waals surface area contributed by atoms with E-state index in [4.69, 9.17) is 15.2 Å². The van der Waals surface area contributed by atoms with Crippen LogP contribution in [0.4, 0.5) is 10.1 Å². The molecule has 5 heteroatoms. The lowest BCUT2D eigenvalue weighted by Gasteiger charge is -2.23. The molecule has 0 aliphatic carbocycles. The van der Waals surface area contributed by atoms with E-state index in [1.54, 1.807) is 0 Å². The monoisotopic (exact) mass is 239 g/mol. The number of fused-ring (bicyclic) bond motifs is 1. The summed E-state index contributed by atoms with van der Waals surface area (Å²) in [4.78, 5) is 11.7. The number of nitrogens with two attached hydrogens (primary N) is 1. The minimum atomic E-state index is -1.04. The van der Waals surface area contributed by atoms with Gasteiger partial charge >= 0.3 is 5.97 Å². The summed E-state index contributed by atoms with van der Waals surface area (Å²) in [7, 11) is 1.31. The Balaban J connectivity index is 2.40. The minimum Gasteiger partial charge on any atom is -0.475 e. The third-order valence-electron chi connectivity index (χ3n) is 3.09. The number of rotatable bonds is 2. The number of halogens is 1. The first-order valence-corrected chi connectivity index (χ1v) is 5.37. The fraction of sp³-hybridized carbons (Fsp3) is 0.417. The summed E-state index contributed by atoms with van der Waals surface area (Å²) in [6.45, 7) is 1.82. The first kappa shape index (κ1) is 11.7. The molecule has 1 aromatic carbocycles. The number of ether oxygens (including phenoxy) is 2. The molecule has 2 rings (SSSR count). The summed E-state index contributed by atoms with van der Waals surface area (Å²) < 4.78 is 23.6. The Hall–Kier alpha value is -1.78. The predicted octanol–water partition coefficient (Wildman–Crippen LogP) is 1.66. The number of carbonyl (C=O) groups is 1. The maximum Gasteiger partial charge on any atom is 0.350 e. The fourth-order valence-corrected chi connectivity index (χ4v) is 2.05. The Morgan fingerprint density at radius 3 is 2.94 bits per heavy atom. The van der Waals surface area contributed by atoms with Gasteiger partial charge in [0.15, 0.2) is 0 Å². The van der Waals surface area contributed by atoms with Crippen molar-refractivity contribution >= 4 is 11.7 Å². The highest BCUT2D eigenvalue weighted by atomic mass is 19.1. The van der Waals surface area contributed by atoms with Crippen LogP contribution in [0.1, 0.15) is 18.9 Å². The van der Waals surface area contributed by atoms with Crippen molar-refractivity contribution in [3.63, 3.8) is 0 Å². The van der Waals surface area contributed by atoms with Crippen molar-refractivity contribution in [3.05, 3.63) is 23.5 Å². The summed E-state index contributed by atoms with van der Waals surface area (Å²) in [6, 6.07) is 2.72. The molecular weight excluding hydrogens is 225 g/mol. The van der Waals surface area contributed by atoms with Crippen LogP contribution in [0.2, 0.25) is 0 Å². The molecule has 0 aromatic heterocycles. The van der Waals surface area contributed by atoms with E-state index in [2.05, 4.69) is 0 Å². The van der Waals surface area contributed by atoms with Crippen molar-refractivity contribution < 1.29 is 18.7 Å². The van der Waals surface area contributed by atoms with Gasteiger partial charge in [0.1, 0.15) is 11.6 Å². The van der Waals surface area contributed by atoms with Crippen molar-refractivity contribution in [1.82, 2.24) is 0 Å². The van der Waals surface area contributed by atoms with Crippen molar-refractivity contribution in [2.45, 2.75) is 25.4 Å². The van der Waals surface area contributed by atoms with Crippen LogP contribution in [0.5, 0.6) is 5.75 Å². The van der Waals surface area contributed by atoms with Gasteiger partial charge in [0.05, 0.1) is 12.8 Å². The second kappa shape index (κ2) is 3.91. The largest absolute Gasteiger partial charge is 0.475 e. The third kappa shape index (κ3) is 1.71. The van der Waals surface area contributed by atoms with Crippen LogP contribution in [0.15, 0.2) is 12.1 Å². The number of benzene rings is 1. The molecule has 0 spiro atoms. The third-order valence-corrected chi connectivity index (χ3v) is 3.09. The molecule has 0 amide bonds. The normalized spacial score (nSPS) is 21.8. The standard InChI is InChI=1S/C12H14FNO3/c1-3-12(11(15)16-2)6-7-4-9(14)8(13)5-10(7)17-12/h4-5H,3,6,14H2,1-2H3. The number of nitrogen functional groups attached to an aromatic ring is 1. The highest BCUT2D eigenvalue weighted by Gasteiger charge is 2.46. The van der Waals surface area contributed by atoms with Gasteiger partial charge < -0.3 is 15.2 Å². The van der Waals surface area contributed by atoms with E-state index >= 15 is 0 Å². The zero-order valence-corrected chi connectivity index (χ0v) is 9.75. The van der Waals surface area contributed by atoms with Gasteiger partial charge in [0, 0.05) is 18.1 Å². The second-order valence-corrected chi connectivity index (χ2v) is 4.10. The van der Waals surface area contributed by atoms with Gasteiger partial charge in [-0.3, -0.25) is 0 Å². The van der Waals surface area contributed by atoms with Crippen LogP contribution in [0.25, 0.3) is 0 Å². The molecule has 2 N–H and O–H groups in total. The zero-order valence-electron chi connectivity index (χ0n) is 9.75. The maximum atomic E-state index is 13.3. The van der Waals surface area contributed by atoms with Crippen molar-refractivity contribution in [3.8, 4) is 5.75 Å². The Morgan fingerprint density at radius 1 is 1.65 bits per heavy atom. The van der Waals surface area contributed by atoms with Gasteiger partial charge in [-0.1, -0.05) is 6.92 Å². The van der Waals surface area contributed by atoms with Crippen LogP contribution >= 0.6 is 0 Å². The molecule has 0 saturated heterocycles. The van der Waals surface area contributed by atoms with Crippen LogP contribution in [0, 0.1) is 5.82 Å². The molecule has 0 bridgehead atoms. The molecule has 0 radical (unpaired) electrons. The predicted molar refractivity (Wildman–Crippen MR) is 60.2 cm³/mol. The average Bonchev–Trinajstić information content (AvgIpc) is 2.68. The highest BCUT2D eigenvalue weighted by molar-refractivity contribution is 5.82. The second-order valence-electron chi connectivity index (χ2n) is 4.10. The lowest BCUT2D eigenvalue weighted by atomic mass is 9.94. The highest BCUT2D eigenvalue weighted by Crippen LogP contribution is 2.39. The van der Waals surface area contributed by atoms with Crippen LogP contribution in [0.3, 0.4) is 0 Å². The lowest BCUT2D eigenvalue weighted by molar-refractivity contribution is -0.157. The Morgan fingerprint density at radius 2 is 2.35 bits per heavy atom. The molecule has 1 unspecified atom stereocenters. The van der Waals surface area contributed by atoms with E-state index in [0.29, 0.717) is 18.6 Å². The summed E-state index contributed by atoms with van der Waals surface area (Å²) in [5.41, 5.74) is 5.23. The van der Waals surface area contributed by atoms with Gasteiger partial charge in [0.25, 0.3) is 0 Å². The lowest BCUT2D eigenvalue weighted by Crippen LogP contribution is -2.43. The number of hydrogen-bond acceptors (Lipinski definition) is 4.